The first-order chi connectivity index (χ1) is 6.45. The second-order valence-electron chi connectivity index (χ2n) is 3.36. The summed E-state index contributed by atoms with van der Waals surface area (Å²) in [4.78, 5) is 4.18. The minimum Gasteiger partial charge on any atom is -0.360 e. The van der Waals surface area contributed by atoms with Crippen molar-refractivity contribution in [1.82, 2.24) is 10.3 Å². The van der Waals surface area contributed by atoms with Gasteiger partial charge in [0.2, 0.25) is 0 Å². The summed E-state index contributed by atoms with van der Waals surface area (Å²) in [5.41, 5.74) is 0. The third-order valence-electron chi connectivity index (χ3n) is 2.34. The molecular weight excluding hydrogens is 182 g/mol. The van der Waals surface area contributed by atoms with Crippen LogP contribution in [-0.4, -0.2) is 24.1 Å². The van der Waals surface area contributed by atoms with Crippen LogP contribution in [0.4, 0.5) is 5.13 Å². The van der Waals surface area contributed by atoms with Gasteiger partial charge in [-0.3, -0.25) is 0 Å². The molecule has 0 saturated carbocycles. The molecule has 1 aliphatic heterocycles. The number of piperidine rings is 1. The van der Waals surface area contributed by atoms with Gasteiger partial charge in [0.1, 0.15) is 0 Å². The number of hydrogen-bond donors (Lipinski definition) is 2. The highest BCUT2D eigenvalue weighted by Gasteiger charge is 2.11. The van der Waals surface area contributed by atoms with Crippen molar-refractivity contribution in [3.63, 3.8) is 0 Å². The first-order valence-electron chi connectivity index (χ1n) is 4.82. The highest BCUT2D eigenvalue weighted by Crippen LogP contribution is 2.12. The Morgan fingerprint density at radius 2 is 2.62 bits per heavy atom. The van der Waals surface area contributed by atoms with Crippen LogP contribution in [0.2, 0.25) is 0 Å². The molecule has 72 valence electrons. The van der Waals surface area contributed by atoms with Gasteiger partial charge in [-0.1, -0.05) is 6.42 Å². The van der Waals surface area contributed by atoms with Crippen LogP contribution in [0.15, 0.2) is 11.6 Å². The predicted molar refractivity (Wildman–Crippen MR) is 56.2 cm³/mol. The Labute approximate surface area is 82.6 Å². The van der Waals surface area contributed by atoms with Crippen LogP contribution < -0.4 is 10.6 Å². The summed E-state index contributed by atoms with van der Waals surface area (Å²) in [6.07, 6.45) is 5.81. The Hall–Kier alpha value is -0.610. The lowest BCUT2D eigenvalue weighted by molar-refractivity contribution is 0.414. The van der Waals surface area contributed by atoms with Gasteiger partial charge in [-0.05, 0) is 19.4 Å². The summed E-state index contributed by atoms with van der Waals surface area (Å²) in [6.45, 7) is 2.18. The van der Waals surface area contributed by atoms with E-state index in [1.165, 1.54) is 25.8 Å². The summed E-state index contributed by atoms with van der Waals surface area (Å²) < 4.78 is 0. The summed E-state index contributed by atoms with van der Waals surface area (Å²) in [5.74, 6) is 0. The van der Waals surface area contributed by atoms with E-state index in [2.05, 4.69) is 15.6 Å². The lowest BCUT2D eigenvalue weighted by Crippen LogP contribution is -2.39. The van der Waals surface area contributed by atoms with Crippen LogP contribution in [0.1, 0.15) is 19.3 Å². The molecule has 2 heterocycles. The Bertz CT molecular complexity index is 229. The molecule has 0 radical (unpaired) electrons. The molecule has 1 aromatic rings. The number of rotatable bonds is 3. The predicted octanol–water partition coefficient (Wildman–Crippen LogP) is 1.70. The van der Waals surface area contributed by atoms with Crippen LogP contribution in [0.5, 0.6) is 0 Å². The normalized spacial score (nSPS) is 22.9. The summed E-state index contributed by atoms with van der Waals surface area (Å²) in [6, 6.07) is 0.637. The minimum atomic E-state index is 0.637. The molecule has 0 aromatic carbocycles. The van der Waals surface area contributed by atoms with Gasteiger partial charge in [-0.2, -0.15) is 0 Å². The van der Waals surface area contributed by atoms with Gasteiger partial charge < -0.3 is 10.6 Å². The van der Waals surface area contributed by atoms with Crippen LogP contribution in [0.25, 0.3) is 0 Å². The largest absolute Gasteiger partial charge is 0.360 e. The van der Waals surface area contributed by atoms with Crippen molar-refractivity contribution in [2.24, 2.45) is 0 Å². The van der Waals surface area contributed by atoms with Crippen LogP contribution >= 0.6 is 11.3 Å². The van der Waals surface area contributed by atoms with Crippen molar-refractivity contribution in [2.75, 3.05) is 18.4 Å². The Morgan fingerprint density at radius 1 is 1.62 bits per heavy atom. The maximum atomic E-state index is 4.18. The zero-order chi connectivity index (χ0) is 8.93. The molecule has 0 aliphatic carbocycles. The van der Waals surface area contributed by atoms with Gasteiger partial charge in [0, 0.05) is 24.2 Å². The van der Waals surface area contributed by atoms with Crippen molar-refractivity contribution < 1.29 is 0 Å². The van der Waals surface area contributed by atoms with E-state index < -0.39 is 0 Å². The van der Waals surface area contributed by atoms with E-state index in [1.807, 2.05) is 11.6 Å². The number of aromatic nitrogens is 1. The van der Waals surface area contributed by atoms with Crippen LogP contribution in [0, 0.1) is 0 Å². The molecule has 1 saturated heterocycles. The van der Waals surface area contributed by atoms with Crippen molar-refractivity contribution in [1.29, 1.82) is 0 Å². The average molecular weight is 197 g/mol. The minimum absolute atomic E-state index is 0.637. The fourth-order valence-electron chi connectivity index (χ4n) is 1.62. The smallest absolute Gasteiger partial charge is 0.182 e. The summed E-state index contributed by atoms with van der Waals surface area (Å²) >= 11 is 1.66. The highest BCUT2D eigenvalue weighted by atomic mass is 32.1. The van der Waals surface area contributed by atoms with Gasteiger partial charge in [0.25, 0.3) is 0 Å². The first-order valence-corrected chi connectivity index (χ1v) is 5.70. The highest BCUT2D eigenvalue weighted by molar-refractivity contribution is 7.13. The molecule has 2 rings (SSSR count). The second kappa shape index (κ2) is 4.58. The van der Waals surface area contributed by atoms with Crippen LogP contribution in [-0.2, 0) is 0 Å². The van der Waals surface area contributed by atoms with Gasteiger partial charge in [-0.25, -0.2) is 4.98 Å². The van der Waals surface area contributed by atoms with E-state index in [-0.39, 0.29) is 0 Å². The maximum absolute atomic E-state index is 4.18. The average Bonchev–Trinajstić information content (AvgIpc) is 2.69. The number of nitrogens with one attached hydrogen (secondary N) is 2. The van der Waals surface area contributed by atoms with Crippen LogP contribution in [0.3, 0.4) is 0 Å². The van der Waals surface area contributed by atoms with Crippen molar-refractivity contribution >= 4 is 16.5 Å². The van der Waals surface area contributed by atoms with E-state index in [4.69, 9.17) is 0 Å². The fraction of sp³-hybridized carbons (Fsp3) is 0.667. The molecule has 1 fully saturated rings. The number of hydrogen-bond acceptors (Lipinski definition) is 4. The third-order valence-corrected chi connectivity index (χ3v) is 3.08. The lowest BCUT2D eigenvalue weighted by atomic mass is 10.1. The molecule has 1 aromatic heterocycles. The number of anilines is 1. The SMILES string of the molecule is c1csc(NC[C@@H]2CCCCN2)n1. The molecule has 2 N–H and O–H groups in total. The first kappa shape index (κ1) is 8.97. The van der Waals surface area contributed by atoms with E-state index in [0.717, 1.165) is 11.7 Å². The van der Waals surface area contributed by atoms with Crippen molar-refractivity contribution in [3.05, 3.63) is 11.6 Å². The van der Waals surface area contributed by atoms with Gasteiger partial charge >= 0.3 is 0 Å². The van der Waals surface area contributed by atoms with Gasteiger partial charge in [0.05, 0.1) is 0 Å². The molecule has 1 atom stereocenters. The molecule has 0 amide bonds. The van der Waals surface area contributed by atoms with Crippen molar-refractivity contribution in [2.45, 2.75) is 25.3 Å². The molecule has 1 aliphatic rings. The third kappa shape index (κ3) is 2.67. The number of thiazole rings is 1. The molecule has 4 heteroatoms. The van der Waals surface area contributed by atoms with Crippen molar-refractivity contribution in [3.8, 4) is 0 Å². The second-order valence-corrected chi connectivity index (χ2v) is 4.26. The topological polar surface area (TPSA) is 37.0 Å². The van der Waals surface area contributed by atoms with Gasteiger partial charge in [0.15, 0.2) is 5.13 Å². The zero-order valence-corrected chi connectivity index (χ0v) is 8.44. The van der Waals surface area contributed by atoms with Gasteiger partial charge in [-0.15, -0.1) is 11.3 Å². The Morgan fingerprint density at radius 3 is 3.31 bits per heavy atom. The molecule has 13 heavy (non-hydrogen) atoms. The molecule has 3 nitrogen and oxygen atoms in total. The summed E-state index contributed by atoms with van der Waals surface area (Å²) in [7, 11) is 0. The van der Waals surface area contributed by atoms with E-state index in [9.17, 15) is 0 Å². The number of nitrogens with zero attached hydrogens (tertiary/aromatic N) is 1. The standard InChI is InChI=1S/C9H15N3S/c1-2-4-10-8(3-1)7-12-9-11-5-6-13-9/h5-6,8,10H,1-4,7H2,(H,11,12)/t8-/m0/s1. The molecule has 0 bridgehead atoms. The maximum Gasteiger partial charge on any atom is 0.182 e. The molecule has 0 unspecified atom stereocenters. The zero-order valence-electron chi connectivity index (χ0n) is 7.62. The quantitative estimate of drug-likeness (QED) is 0.774. The summed E-state index contributed by atoms with van der Waals surface area (Å²) in [5, 5.41) is 9.87. The monoisotopic (exact) mass is 197 g/mol. The van der Waals surface area contributed by atoms with E-state index >= 15 is 0 Å². The lowest BCUT2D eigenvalue weighted by Gasteiger charge is -2.23. The van der Waals surface area contributed by atoms with E-state index in [1.54, 1.807) is 11.3 Å². The van der Waals surface area contributed by atoms with E-state index in [0.29, 0.717) is 6.04 Å². The Kier molecular flexibility index (Phi) is 3.16. The fourth-order valence-corrected chi connectivity index (χ4v) is 2.16. The molecule has 0 spiro atoms. The Balaban J connectivity index is 1.72. The molecular formula is C9H15N3S.